The summed E-state index contributed by atoms with van der Waals surface area (Å²) in [5, 5.41) is 2.87. The molecule has 2 amide bonds. The van der Waals surface area contributed by atoms with Crippen LogP contribution in [0.3, 0.4) is 0 Å². The third kappa shape index (κ3) is 5.84. The van der Waals surface area contributed by atoms with Gasteiger partial charge in [-0.3, -0.25) is 9.59 Å². The summed E-state index contributed by atoms with van der Waals surface area (Å²) in [6, 6.07) is 11.7. The topological polar surface area (TPSA) is 58.6 Å². The van der Waals surface area contributed by atoms with Gasteiger partial charge in [0, 0.05) is 12.7 Å². The van der Waals surface area contributed by atoms with Gasteiger partial charge in [-0.05, 0) is 62.1 Å². The zero-order chi connectivity index (χ0) is 20.0. The predicted molar refractivity (Wildman–Crippen MR) is 108 cm³/mol. The average molecular weight is 368 g/mol. The van der Waals surface area contributed by atoms with Crippen LogP contribution in [0, 0.1) is 27.7 Å². The van der Waals surface area contributed by atoms with Crippen LogP contribution in [-0.4, -0.2) is 36.9 Å². The summed E-state index contributed by atoms with van der Waals surface area (Å²) in [5.74, 6) is 0.449. The van der Waals surface area contributed by atoms with Crippen molar-refractivity contribution in [1.82, 2.24) is 4.90 Å². The van der Waals surface area contributed by atoms with Gasteiger partial charge in [0.15, 0.2) is 0 Å². The highest BCUT2D eigenvalue weighted by Crippen LogP contribution is 2.19. The third-order valence-electron chi connectivity index (χ3n) is 4.60. The summed E-state index contributed by atoms with van der Waals surface area (Å²) in [5.41, 5.74) is 5.07. The second kappa shape index (κ2) is 9.21. The number of rotatable bonds is 7. The molecule has 144 valence electrons. The number of benzene rings is 2. The van der Waals surface area contributed by atoms with Crippen molar-refractivity contribution in [3.8, 4) is 5.75 Å². The molecule has 0 spiro atoms. The normalized spacial score (nSPS) is 10.4. The standard InChI is InChI=1S/C22H28N2O3/c1-15-9-10-17(3)20(13-15)27-12-11-22(26)24(5)14-21(25)23-19-8-6-7-16(2)18(19)4/h6-10,13H,11-12,14H2,1-5H3,(H,23,25). The van der Waals surface area contributed by atoms with Crippen molar-refractivity contribution in [2.45, 2.75) is 34.1 Å². The Balaban J connectivity index is 1.81. The van der Waals surface area contributed by atoms with Gasteiger partial charge in [-0.25, -0.2) is 0 Å². The van der Waals surface area contributed by atoms with Crippen LogP contribution in [-0.2, 0) is 9.59 Å². The van der Waals surface area contributed by atoms with Crippen molar-refractivity contribution in [3.05, 3.63) is 58.7 Å². The van der Waals surface area contributed by atoms with Gasteiger partial charge in [-0.15, -0.1) is 0 Å². The number of carbonyl (C=O) groups is 2. The van der Waals surface area contributed by atoms with Crippen LogP contribution < -0.4 is 10.1 Å². The van der Waals surface area contributed by atoms with Gasteiger partial charge in [0.1, 0.15) is 5.75 Å². The summed E-state index contributed by atoms with van der Waals surface area (Å²) in [7, 11) is 1.63. The Kier molecular flexibility index (Phi) is 6.99. The van der Waals surface area contributed by atoms with E-state index in [1.54, 1.807) is 7.05 Å². The molecular formula is C22H28N2O3. The number of amides is 2. The van der Waals surface area contributed by atoms with Crippen molar-refractivity contribution in [1.29, 1.82) is 0 Å². The minimum Gasteiger partial charge on any atom is -0.493 e. The Morgan fingerprint density at radius 2 is 1.78 bits per heavy atom. The van der Waals surface area contributed by atoms with Gasteiger partial charge in [0.25, 0.3) is 0 Å². The van der Waals surface area contributed by atoms with Crippen molar-refractivity contribution >= 4 is 17.5 Å². The molecular weight excluding hydrogens is 340 g/mol. The lowest BCUT2D eigenvalue weighted by molar-refractivity contribution is -0.133. The molecule has 2 aromatic rings. The maximum absolute atomic E-state index is 12.3. The molecule has 0 saturated heterocycles. The van der Waals surface area contributed by atoms with Gasteiger partial charge in [-0.1, -0.05) is 24.3 Å². The van der Waals surface area contributed by atoms with Gasteiger partial charge < -0.3 is 15.0 Å². The smallest absolute Gasteiger partial charge is 0.243 e. The van der Waals surface area contributed by atoms with Crippen LogP contribution in [0.5, 0.6) is 5.75 Å². The van der Waals surface area contributed by atoms with Crippen LogP contribution in [0.25, 0.3) is 0 Å². The number of hydrogen-bond acceptors (Lipinski definition) is 3. The van der Waals surface area contributed by atoms with E-state index in [0.29, 0.717) is 0 Å². The molecule has 0 atom stereocenters. The predicted octanol–water partition coefficient (Wildman–Crippen LogP) is 3.79. The van der Waals surface area contributed by atoms with Gasteiger partial charge in [0.2, 0.25) is 11.8 Å². The minimum absolute atomic E-state index is 0.00961. The first-order chi connectivity index (χ1) is 12.8. The van der Waals surface area contributed by atoms with Crippen LogP contribution in [0.1, 0.15) is 28.7 Å². The van der Waals surface area contributed by atoms with Crippen molar-refractivity contribution in [2.24, 2.45) is 0 Å². The monoisotopic (exact) mass is 368 g/mol. The molecule has 5 nitrogen and oxygen atoms in total. The Labute approximate surface area is 161 Å². The number of ether oxygens (including phenoxy) is 1. The van der Waals surface area contributed by atoms with E-state index in [9.17, 15) is 9.59 Å². The molecule has 5 heteroatoms. The van der Waals surface area contributed by atoms with Crippen molar-refractivity contribution in [2.75, 3.05) is 25.5 Å². The van der Waals surface area contributed by atoms with Crippen molar-refractivity contribution in [3.63, 3.8) is 0 Å². The molecule has 27 heavy (non-hydrogen) atoms. The van der Waals surface area contributed by atoms with E-state index in [1.807, 2.05) is 64.1 Å². The zero-order valence-corrected chi connectivity index (χ0v) is 16.8. The highest BCUT2D eigenvalue weighted by atomic mass is 16.5. The number of aryl methyl sites for hydroxylation is 3. The maximum Gasteiger partial charge on any atom is 0.243 e. The van der Waals surface area contributed by atoms with E-state index in [-0.39, 0.29) is 31.4 Å². The number of hydrogen-bond donors (Lipinski definition) is 1. The van der Waals surface area contributed by atoms with E-state index >= 15 is 0 Å². The summed E-state index contributed by atoms with van der Waals surface area (Å²) < 4.78 is 5.72. The Morgan fingerprint density at radius 3 is 2.52 bits per heavy atom. The first kappa shape index (κ1) is 20.5. The molecule has 2 rings (SSSR count). The van der Waals surface area contributed by atoms with E-state index in [4.69, 9.17) is 4.74 Å². The third-order valence-corrected chi connectivity index (χ3v) is 4.60. The van der Waals surface area contributed by atoms with E-state index < -0.39 is 0 Å². The summed E-state index contributed by atoms with van der Waals surface area (Å²) >= 11 is 0. The number of carbonyl (C=O) groups excluding carboxylic acids is 2. The Hall–Kier alpha value is -2.82. The first-order valence-corrected chi connectivity index (χ1v) is 9.08. The Bertz CT molecular complexity index is 830. The molecule has 0 fully saturated rings. The fourth-order valence-corrected chi connectivity index (χ4v) is 2.68. The van der Waals surface area contributed by atoms with E-state index in [1.165, 1.54) is 4.90 Å². The summed E-state index contributed by atoms with van der Waals surface area (Å²) in [4.78, 5) is 25.9. The number of likely N-dealkylation sites (N-methyl/N-ethyl adjacent to an activating group) is 1. The molecule has 0 bridgehead atoms. The fraction of sp³-hybridized carbons (Fsp3) is 0.364. The highest BCUT2D eigenvalue weighted by Gasteiger charge is 2.14. The highest BCUT2D eigenvalue weighted by molar-refractivity contribution is 5.95. The number of nitrogens with zero attached hydrogens (tertiary/aromatic N) is 1. The lowest BCUT2D eigenvalue weighted by Gasteiger charge is -2.18. The van der Waals surface area contributed by atoms with E-state index in [2.05, 4.69) is 5.32 Å². The molecule has 2 aromatic carbocycles. The molecule has 0 aliphatic heterocycles. The molecule has 0 aromatic heterocycles. The SMILES string of the molecule is Cc1ccc(C)c(OCCC(=O)N(C)CC(=O)Nc2cccc(C)c2C)c1. The molecule has 0 aliphatic carbocycles. The lowest BCUT2D eigenvalue weighted by Crippen LogP contribution is -2.35. The molecule has 0 saturated carbocycles. The maximum atomic E-state index is 12.3. The van der Waals surface area contributed by atoms with Crippen LogP contribution >= 0.6 is 0 Å². The van der Waals surface area contributed by atoms with Crippen LogP contribution in [0.2, 0.25) is 0 Å². The van der Waals surface area contributed by atoms with Crippen LogP contribution in [0.15, 0.2) is 36.4 Å². The molecule has 1 N–H and O–H groups in total. The first-order valence-electron chi connectivity index (χ1n) is 9.08. The molecule has 0 radical (unpaired) electrons. The zero-order valence-electron chi connectivity index (χ0n) is 16.8. The average Bonchev–Trinajstić information content (AvgIpc) is 2.61. The summed E-state index contributed by atoms with van der Waals surface area (Å²) in [6.45, 7) is 8.23. The fourth-order valence-electron chi connectivity index (χ4n) is 2.68. The number of anilines is 1. The largest absolute Gasteiger partial charge is 0.493 e. The molecule has 0 heterocycles. The quantitative estimate of drug-likeness (QED) is 0.809. The second-order valence-electron chi connectivity index (χ2n) is 6.91. The minimum atomic E-state index is -0.213. The van der Waals surface area contributed by atoms with Gasteiger partial charge in [-0.2, -0.15) is 0 Å². The summed E-state index contributed by atoms with van der Waals surface area (Å²) in [6.07, 6.45) is 0.223. The van der Waals surface area contributed by atoms with Crippen molar-refractivity contribution < 1.29 is 14.3 Å². The lowest BCUT2D eigenvalue weighted by atomic mass is 10.1. The Morgan fingerprint density at radius 1 is 1.04 bits per heavy atom. The van der Waals surface area contributed by atoms with Crippen LogP contribution in [0.4, 0.5) is 5.69 Å². The molecule has 0 aliphatic rings. The van der Waals surface area contributed by atoms with Gasteiger partial charge >= 0.3 is 0 Å². The number of nitrogens with one attached hydrogen (secondary N) is 1. The van der Waals surface area contributed by atoms with E-state index in [0.717, 1.165) is 33.7 Å². The van der Waals surface area contributed by atoms with Gasteiger partial charge in [0.05, 0.1) is 19.6 Å². The molecule has 0 unspecified atom stereocenters. The second-order valence-corrected chi connectivity index (χ2v) is 6.91.